The predicted octanol–water partition coefficient (Wildman–Crippen LogP) is 2.73. The first-order valence-corrected chi connectivity index (χ1v) is 5.77. The Morgan fingerprint density at radius 3 is 2.56 bits per heavy atom. The number of rotatable bonds is 3. The van der Waals surface area contributed by atoms with Crippen LogP contribution in [0.5, 0.6) is 5.75 Å². The van der Waals surface area contributed by atoms with E-state index in [-0.39, 0.29) is 15.8 Å². The van der Waals surface area contributed by atoms with E-state index in [4.69, 9.17) is 10.5 Å². The molecule has 0 saturated heterocycles. The Bertz CT molecular complexity index is 432. The standard InChI is InChI=1S/C11H12BrF2NO/c1-16-10-7(13)4-6(12)9(14)8(10)11(5-15)2-3-11/h4H,2-3,5,15H2,1H3. The lowest BCUT2D eigenvalue weighted by molar-refractivity contribution is 0.368. The second-order valence-electron chi connectivity index (χ2n) is 4.05. The summed E-state index contributed by atoms with van der Waals surface area (Å²) in [7, 11) is 1.34. The number of hydrogen-bond donors (Lipinski definition) is 1. The van der Waals surface area contributed by atoms with Crippen molar-refractivity contribution in [1.29, 1.82) is 0 Å². The number of nitrogens with two attached hydrogens (primary N) is 1. The molecule has 1 aliphatic carbocycles. The molecule has 0 aliphatic heterocycles. The van der Waals surface area contributed by atoms with Gasteiger partial charge in [0, 0.05) is 17.5 Å². The highest BCUT2D eigenvalue weighted by atomic mass is 79.9. The molecule has 1 fully saturated rings. The van der Waals surface area contributed by atoms with Crippen molar-refractivity contribution in [1.82, 2.24) is 0 Å². The van der Waals surface area contributed by atoms with Gasteiger partial charge in [0.05, 0.1) is 11.6 Å². The molecule has 2 rings (SSSR count). The molecule has 0 atom stereocenters. The third-order valence-electron chi connectivity index (χ3n) is 3.11. The highest BCUT2D eigenvalue weighted by Gasteiger charge is 2.48. The summed E-state index contributed by atoms with van der Waals surface area (Å²) in [4.78, 5) is 0. The fraction of sp³-hybridized carbons (Fsp3) is 0.455. The van der Waals surface area contributed by atoms with Gasteiger partial charge in [-0.25, -0.2) is 8.78 Å². The summed E-state index contributed by atoms with van der Waals surface area (Å²) >= 11 is 3.00. The molecule has 0 heterocycles. The van der Waals surface area contributed by atoms with Crippen molar-refractivity contribution in [2.24, 2.45) is 5.73 Å². The summed E-state index contributed by atoms with van der Waals surface area (Å²) in [6.45, 7) is 0.302. The zero-order valence-electron chi connectivity index (χ0n) is 8.82. The Morgan fingerprint density at radius 2 is 2.12 bits per heavy atom. The zero-order chi connectivity index (χ0) is 11.9. The molecule has 1 aromatic rings. The highest BCUT2D eigenvalue weighted by molar-refractivity contribution is 9.10. The van der Waals surface area contributed by atoms with Crippen molar-refractivity contribution in [2.45, 2.75) is 18.3 Å². The molecule has 2 nitrogen and oxygen atoms in total. The van der Waals surface area contributed by atoms with Crippen LogP contribution in [0.3, 0.4) is 0 Å². The van der Waals surface area contributed by atoms with Crippen LogP contribution >= 0.6 is 15.9 Å². The van der Waals surface area contributed by atoms with Gasteiger partial charge in [0.1, 0.15) is 5.82 Å². The summed E-state index contributed by atoms with van der Waals surface area (Å²) in [5, 5.41) is 0. The quantitative estimate of drug-likeness (QED) is 0.869. The topological polar surface area (TPSA) is 35.2 Å². The molecule has 16 heavy (non-hydrogen) atoms. The monoisotopic (exact) mass is 291 g/mol. The van der Waals surface area contributed by atoms with E-state index in [1.54, 1.807) is 0 Å². The molecule has 1 saturated carbocycles. The van der Waals surface area contributed by atoms with Gasteiger partial charge in [0.15, 0.2) is 11.6 Å². The van der Waals surface area contributed by atoms with E-state index in [0.29, 0.717) is 6.54 Å². The average Bonchev–Trinajstić information content (AvgIpc) is 3.03. The Balaban J connectivity index is 2.66. The fourth-order valence-corrected chi connectivity index (χ4v) is 2.36. The molecule has 1 aliphatic rings. The summed E-state index contributed by atoms with van der Waals surface area (Å²) in [5.41, 5.74) is 5.46. The third-order valence-corrected chi connectivity index (χ3v) is 3.68. The minimum absolute atomic E-state index is 0.0244. The SMILES string of the molecule is COc1c(F)cc(Br)c(F)c1C1(CN)CC1. The smallest absolute Gasteiger partial charge is 0.166 e. The van der Waals surface area contributed by atoms with Crippen LogP contribution in [0.2, 0.25) is 0 Å². The maximum Gasteiger partial charge on any atom is 0.166 e. The molecule has 0 bridgehead atoms. The normalized spacial score (nSPS) is 17.3. The van der Waals surface area contributed by atoms with Gasteiger partial charge < -0.3 is 10.5 Å². The van der Waals surface area contributed by atoms with Gasteiger partial charge in [-0.3, -0.25) is 0 Å². The molecular formula is C11H12BrF2NO. The van der Waals surface area contributed by atoms with Crippen LogP contribution in [-0.4, -0.2) is 13.7 Å². The molecule has 5 heteroatoms. The van der Waals surface area contributed by atoms with Crippen molar-refractivity contribution in [3.05, 3.63) is 27.7 Å². The van der Waals surface area contributed by atoms with E-state index in [0.717, 1.165) is 18.9 Å². The number of hydrogen-bond acceptors (Lipinski definition) is 2. The first-order valence-electron chi connectivity index (χ1n) is 4.98. The first-order chi connectivity index (χ1) is 7.55. The lowest BCUT2D eigenvalue weighted by Gasteiger charge is -2.19. The van der Waals surface area contributed by atoms with Crippen molar-refractivity contribution >= 4 is 15.9 Å². The van der Waals surface area contributed by atoms with E-state index >= 15 is 0 Å². The largest absolute Gasteiger partial charge is 0.493 e. The summed E-state index contributed by atoms with van der Waals surface area (Å²) in [5.74, 6) is -1.06. The molecular weight excluding hydrogens is 280 g/mol. The van der Waals surface area contributed by atoms with E-state index in [2.05, 4.69) is 15.9 Å². The van der Waals surface area contributed by atoms with Crippen molar-refractivity contribution in [3.8, 4) is 5.75 Å². The lowest BCUT2D eigenvalue weighted by Crippen LogP contribution is -2.22. The number of halogens is 3. The minimum Gasteiger partial charge on any atom is -0.493 e. The number of benzene rings is 1. The molecule has 1 aromatic carbocycles. The Labute approximate surface area is 101 Å². The van der Waals surface area contributed by atoms with Crippen LogP contribution in [-0.2, 0) is 5.41 Å². The highest BCUT2D eigenvalue weighted by Crippen LogP contribution is 2.52. The molecule has 0 unspecified atom stereocenters. The predicted molar refractivity (Wildman–Crippen MR) is 60.6 cm³/mol. The van der Waals surface area contributed by atoms with Gasteiger partial charge in [-0.2, -0.15) is 0 Å². The van der Waals surface area contributed by atoms with Crippen molar-refractivity contribution < 1.29 is 13.5 Å². The lowest BCUT2D eigenvalue weighted by atomic mass is 9.94. The first kappa shape index (κ1) is 11.8. The van der Waals surface area contributed by atoms with Gasteiger partial charge in [-0.15, -0.1) is 0 Å². The second kappa shape index (κ2) is 3.96. The molecule has 0 amide bonds. The summed E-state index contributed by atoms with van der Waals surface area (Å²) in [6, 6.07) is 1.07. The van der Waals surface area contributed by atoms with Crippen molar-refractivity contribution in [2.75, 3.05) is 13.7 Å². The molecule has 0 radical (unpaired) electrons. The number of ether oxygens (including phenoxy) is 1. The third kappa shape index (κ3) is 1.62. The van der Waals surface area contributed by atoms with Crippen molar-refractivity contribution in [3.63, 3.8) is 0 Å². The van der Waals surface area contributed by atoms with E-state index in [9.17, 15) is 8.78 Å². The summed E-state index contributed by atoms with van der Waals surface area (Å²) < 4.78 is 32.7. The summed E-state index contributed by atoms with van der Waals surface area (Å²) in [6.07, 6.45) is 1.54. The van der Waals surface area contributed by atoms with E-state index in [1.165, 1.54) is 7.11 Å². The maximum atomic E-state index is 14.0. The van der Waals surface area contributed by atoms with Crippen LogP contribution in [0, 0.1) is 11.6 Å². The van der Waals surface area contributed by atoms with Crippen LogP contribution in [0.1, 0.15) is 18.4 Å². The fourth-order valence-electron chi connectivity index (χ4n) is 1.96. The molecule has 0 aromatic heterocycles. The van der Waals surface area contributed by atoms with Crippen LogP contribution < -0.4 is 10.5 Å². The Morgan fingerprint density at radius 1 is 1.50 bits per heavy atom. The van der Waals surface area contributed by atoms with Crippen LogP contribution in [0.15, 0.2) is 10.5 Å². The van der Waals surface area contributed by atoms with Gasteiger partial charge in [-0.05, 0) is 34.8 Å². The van der Waals surface area contributed by atoms with Crippen LogP contribution in [0.4, 0.5) is 8.78 Å². The van der Waals surface area contributed by atoms with E-state index in [1.807, 2.05) is 0 Å². The Kier molecular flexibility index (Phi) is 2.92. The molecule has 0 spiro atoms. The van der Waals surface area contributed by atoms with Gasteiger partial charge >= 0.3 is 0 Å². The van der Waals surface area contributed by atoms with Gasteiger partial charge in [0.2, 0.25) is 0 Å². The minimum atomic E-state index is -0.564. The zero-order valence-corrected chi connectivity index (χ0v) is 10.4. The van der Waals surface area contributed by atoms with Crippen LogP contribution in [0.25, 0.3) is 0 Å². The molecule has 2 N–H and O–H groups in total. The van der Waals surface area contributed by atoms with Gasteiger partial charge in [-0.1, -0.05) is 0 Å². The molecule has 88 valence electrons. The Hall–Kier alpha value is -0.680. The number of methoxy groups -OCH3 is 1. The van der Waals surface area contributed by atoms with E-state index < -0.39 is 17.0 Å². The maximum absolute atomic E-state index is 14.0. The average molecular weight is 292 g/mol. The second-order valence-corrected chi connectivity index (χ2v) is 4.90. The van der Waals surface area contributed by atoms with Gasteiger partial charge in [0.25, 0.3) is 0 Å².